The SMILES string of the molecule is CCC(F)(F)CC[NH+]([O-])C(CN=O)c1ccccc1. The van der Waals surface area contributed by atoms with Gasteiger partial charge in [-0.3, -0.25) is 0 Å². The van der Waals surface area contributed by atoms with Crippen molar-refractivity contribution in [2.24, 2.45) is 5.18 Å². The molecule has 0 saturated carbocycles. The molecular formula is C13H18F2N2O2. The number of hydrogen-bond acceptors (Lipinski definition) is 3. The van der Waals surface area contributed by atoms with Gasteiger partial charge in [0.15, 0.2) is 0 Å². The molecule has 0 fully saturated rings. The molecular weight excluding hydrogens is 254 g/mol. The van der Waals surface area contributed by atoms with Crippen LogP contribution in [-0.4, -0.2) is 19.0 Å². The van der Waals surface area contributed by atoms with Crippen molar-refractivity contribution >= 4 is 0 Å². The van der Waals surface area contributed by atoms with Crippen molar-refractivity contribution in [1.29, 1.82) is 0 Å². The Kier molecular flexibility index (Phi) is 5.98. The number of nitroso groups, excluding NO2 is 1. The van der Waals surface area contributed by atoms with E-state index < -0.39 is 18.4 Å². The predicted molar refractivity (Wildman–Crippen MR) is 68.9 cm³/mol. The lowest BCUT2D eigenvalue weighted by Gasteiger charge is -2.31. The number of benzene rings is 1. The first-order valence-corrected chi connectivity index (χ1v) is 6.24. The molecule has 0 heterocycles. The van der Waals surface area contributed by atoms with Crippen LogP contribution in [0.1, 0.15) is 31.4 Å². The van der Waals surface area contributed by atoms with Crippen molar-refractivity contribution in [3.8, 4) is 0 Å². The molecule has 1 aromatic carbocycles. The third-order valence-electron chi connectivity index (χ3n) is 3.10. The highest BCUT2D eigenvalue weighted by atomic mass is 19.3. The van der Waals surface area contributed by atoms with E-state index in [0.717, 1.165) is 0 Å². The van der Waals surface area contributed by atoms with Gasteiger partial charge in [0, 0.05) is 12.0 Å². The molecule has 0 aromatic heterocycles. The van der Waals surface area contributed by atoms with Crippen LogP contribution in [0, 0.1) is 10.1 Å². The number of nitrogens with one attached hydrogen (secondary N) is 1. The number of nitrogens with zero attached hydrogens (tertiary/aromatic N) is 1. The van der Waals surface area contributed by atoms with Crippen molar-refractivity contribution in [1.82, 2.24) is 0 Å². The maximum absolute atomic E-state index is 13.1. The summed E-state index contributed by atoms with van der Waals surface area (Å²) in [4.78, 5) is 10.4. The summed E-state index contributed by atoms with van der Waals surface area (Å²) in [6.45, 7) is 0.933. The van der Waals surface area contributed by atoms with E-state index >= 15 is 0 Å². The molecule has 106 valence electrons. The second-order valence-electron chi connectivity index (χ2n) is 4.45. The van der Waals surface area contributed by atoms with Crippen LogP contribution in [0.4, 0.5) is 8.78 Å². The van der Waals surface area contributed by atoms with Crippen LogP contribution in [0.15, 0.2) is 35.5 Å². The zero-order valence-electron chi connectivity index (χ0n) is 10.8. The molecule has 1 aromatic rings. The molecule has 6 heteroatoms. The first-order chi connectivity index (χ1) is 9.00. The van der Waals surface area contributed by atoms with Crippen molar-refractivity contribution in [3.63, 3.8) is 0 Å². The normalized spacial score (nSPS) is 14.9. The number of alkyl halides is 2. The molecule has 19 heavy (non-hydrogen) atoms. The third kappa shape index (κ3) is 5.00. The molecule has 1 N–H and O–H groups in total. The molecule has 2 atom stereocenters. The summed E-state index contributed by atoms with van der Waals surface area (Å²) in [5.41, 5.74) is 0.645. The lowest BCUT2D eigenvalue weighted by atomic mass is 10.1. The quantitative estimate of drug-likeness (QED) is 0.583. The molecule has 0 aliphatic rings. The first kappa shape index (κ1) is 15.7. The fraction of sp³-hybridized carbons (Fsp3) is 0.538. The van der Waals surface area contributed by atoms with Crippen LogP contribution in [-0.2, 0) is 0 Å². The number of halogens is 2. The Bertz CT molecular complexity index is 387. The maximum atomic E-state index is 13.1. The van der Waals surface area contributed by atoms with Gasteiger partial charge in [-0.1, -0.05) is 42.4 Å². The Balaban J connectivity index is 2.69. The summed E-state index contributed by atoms with van der Waals surface area (Å²) in [5, 5.41) is 14.3. The summed E-state index contributed by atoms with van der Waals surface area (Å²) >= 11 is 0. The van der Waals surface area contributed by atoms with Gasteiger partial charge in [0.2, 0.25) is 0 Å². The number of hydrogen-bond donors (Lipinski definition) is 1. The van der Waals surface area contributed by atoms with Gasteiger partial charge in [0.1, 0.15) is 12.6 Å². The molecule has 0 aliphatic carbocycles. The zero-order chi connectivity index (χ0) is 14.3. The van der Waals surface area contributed by atoms with Crippen LogP contribution in [0.3, 0.4) is 0 Å². The molecule has 0 aliphatic heterocycles. The lowest BCUT2D eigenvalue weighted by molar-refractivity contribution is -0.881. The van der Waals surface area contributed by atoms with E-state index in [0.29, 0.717) is 5.56 Å². The number of rotatable bonds is 8. The predicted octanol–water partition coefficient (Wildman–Crippen LogP) is 2.31. The minimum atomic E-state index is -2.83. The topological polar surface area (TPSA) is 56.9 Å². The van der Waals surface area contributed by atoms with Crippen molar-refractivity contribution < 1.29 is 13.8 Å². The molecule has 0 saturated heterocycles. The summed E-state index contributed by atoms with van der Waals surface area (Å²) < 4.78 is 26.3. The summed E-state index contributed by atoms with van der Waals surface area (Å²) in [5.74, 6) is -2.83. The second kappa shape index (κ2) is 7.25. The van der Waals surface area contributed by atoms with Crippen LogP contribution >= 0.6 is 0 Å². The molecule has 4 nitrogen and oxygen atoms in total. The Labute approximate surface area is 111 Å². The fourth-order valence-corrected chi connectivity index (χ4v) is 1.81. The number of quaternary nitrogens is 1. The summed E-state index contributed by atoms with van der Waals surface area (Å²) in [6, 6.07) is 7.94. The van der Waals surface area contributed by atoms with Gasteiger partial charge in [-0.15, -0.1) is 0 Å². The Morgan fingerprint density at radius 2 is 2.00 bits per heavy atom. The van der Waals surface area contributed by atoms with Crippen molar-refractivity contribution in [2.45, 2.75) is 31.7 Å². The molecule has 0 spiro atoms. The average Bonchev–Trinajstić information content (AvgIpc) is 2.43. The maximum Gasteiger partial charge on any atom is 0.253 e. The van der Waals surface area contributed by atoms with E-state index in [1.54, 1.807) is 30.3 Å². The largest absolute Gasteiger partial charge is 0.634 e. The Morgan fingerprint density at radius 1 is 1.37 bits per heavy atom. The van der Waals surface area contributed by atoms with Gasteiger partial charge >= 0.3 is 0 Å². The van der Waals surface area contributed by atoms with Gasteiger partial charge in [-0.05, 0) is 0 Å². The van der Waals surface area contributed by atoms with Crippen LogP contribution < -0.4 is 5.06 Å². The summed E-state index contributed by atoms with van der Waals surface area (Å²) in [6.07, 6.45) is -0.771. The fourth-order valence-electron chi connectivity index (χ4n) is 1.81. The molecule has 0 bridgehead atoms. The van der Waals surface area contributed by atoms with E-state index in [9.17, 15) is 18.9 Å². The van der Waals surface area contributed by atoms with E-state index in [4.69, 9.17) is 0 Å². The third-order valence-corrected chi connectivity index (χ3v) is 3.10. The second-order valence-corrected chi connectivity index (χ2v) is 4.45. The van der Waals surface area contributed by atoms with E-state index in [1.807, 2.05) is 0 Å². The highest BCUT2D eigenvalue weighted by Gasteiger charge is 2.29. The van der Waals surface area contributed by atoms with Gasteiger partial charge in [-0.25, -0.2) is 8.78 Å². The van der Waals surface area contributed by atoms with E-state index in [-0.39, 0.29) is 24.6 Å². The van der Waals surface area contributed by atoms with Crippen LogP contribution in [0.2, 0.25) is 0 Å². The Morgan fingerprint density at radius 3 is 2.53 bits per heavy atom. The van der Waals surface area contributed by atoms with Crippen LogP contribution in [0.25, 0.3) is 0 Å². The molecule has 0 amide bonds. The van der Waals surface area contributed by atoms with E-state index in [1.165, 1.54) is 6.92 Å². The minimum Gasteiger partial charge on any atom is -0.634 e. The van der Waals surface area contributed by atoms with Crippen molar-refractivity contribution in [2.75, 3.05) is 13.1 Å². The first-order valence-electron chi connectivity index (χ1n) is 6.24. The van der Waals surface area contributed by atoms with Gasteiger partial charge in [-0.2, -0.15) is 4.91 Å². The minimum absolute atomic E-state index is 0.208. The average molecular weight is 272 g/mol. The Hall–Kier alpha value is -1.40. The van der Waals surface area contributed by atoms with Gasteiger partial charge in [0.25, 0.3) is 5.92 Å². The summed E-state index contributed by atoms with van der Waals surface area (Å²) in [7, 11) is 0. The molecule has 1 rings (SSSR count). The highest BCUT2D eigenvalue weighted by Crippen LogP contribution is 2.21. The monoisotopic (exact) mass is 272 g/mol. The lowest BCUT2D eigenvalue weighted by Crippen LogP contribution is -3.08. The zero-order valence-corrected chi connectivity index (χ0v) is 10.8. The molecule has 2 unspecified atom stereocenters. The van der Waals surface area contributed by atoms with E-state index in [2.05, 4.69) is 5.18 Å². The van der Waals surface area contributed by atoms with Crippen molar-refractivity contribution in [3.05, 3.63) is 46.0 Å². The highest BCUT2D eigenvalue weighted by molar-refractivity contribution is 5.17. The smallest absolute Gasteiger partial charge is 0.253 e. The standard InChI is InChI=1S/C13H18F2N2O2/c1-2-13(14,15)8-9-17(19)12(10-16-18)11-6-4-3-5-7-11/h3-7,12,17H,2,8-10H2,1H3. The van der Waals surface area contributed by atoms with Crippen LogP contribution in [0.5, 0.6) is 0 Å². The molecule has 0 radical (unpaired) electrons. The van der Waals surface area contributed by atoms with Gasteiger partial charge < -0.3 is 10.3 Å². The van der Waals surface area contributed by atoms with Gasteiger partial charge in [0.05, 0.1) is 13.0 Å². The number of hydroxylamine groups is 2.